The summed E-state index contributed by atoms with van der Waals surface area (Å²) in [7, 11) is 0. The minimum Gasteiger partial charge on any atom is -0.397 e. The van der Waals surface area contributed by atoms with Gasteiger partial charge < -0.3 is 15.8 Å². The Morgan fingerprint density at radius 2 is 2.47 bits per heavy atom. The lowest BCUT2D eigenvalue weighted by Gasteiger charge is -2.27. The lowest BCUT2D eigenvalue weighted by Crippen LogP contribution is -2.33. The first-order valence-electron chi connectivity index (χ1n) is 4.95. The van der Waals surface area contributed by atoms with Crippen molar-refractivity contribution >= 4 is 27.3 Å². The molecule has 1 aromatic rings. The number of ether oxygens (including phenoxy) is 1. The van der Waals surface area contributed by atoms with Gasteiger partial charge in [-0.2, -0.15) is 0 Å². The maximum atomic E-state index is 5.89. The Balaban J connectivity index is 2.05. The Morgan fingerprint density at radius 1 is 1.73 bits per heavy atom. The average Bonchev–Trinajstić information content (AvgIpc) is 2.06. The van der Waals surface area contributed by atoms with Gasteiger partial charge in [0.15, 0.2) is 0 Å². The van der Waals surface area contributed by atoms with Crippen LogP contribution in [0.4, 0.5) is 11.4 Å². The van der Waals surface area contributed by atoms with Crippen LogP contribution in [-0.4, -0.2) is 24.2 Å². The summed E-state index contributed by atoms with van der Waals surface area (Å²) in [5.74, 6) is 0. The van der Waals surface area contributed by atoms with E-state index >= 15 is 0 Å². The monoisotopic (exact) mass is 271 g/mol. The van der Waals surface area contributed by atoms with Gasteiger partial charge in [-0.3, -0.25) is 0 Å². The van der Waals surface area contributed by atoms with E-state index in [9.17, 15) is 0 Å². The van der Waals surface area contributed by atoms with Crippen molar-refractivity contribution < 1.29 is 4.74 Å². The van der Waals surface area contributed by atoms with Gasteiger partial charge in [0, 0.05) is 13.2 Å². The van der Waals surface area contributed by atoms with Crippen LogP contribution in [0.1, 0.15) is 12.1 Å². The third-order valence-electron chi connectivity index (χ3n) is 2.50. The number of hydrogen-bond donors (Lipinski definition) is 2. The van der Waals surface area contributed by atoms with Crippen LogP contribution in [0.25, 0.3) is 0 Å². The van der Waals surface area contributed by atoms with Crippen LogP contribution < -0.4 is 11.1 Å². The summed E-state index contributed by atoms with van der Waals surface area (Å²) in [6.45, 7) is 3.61. The predicted molar refractivity (Wildman–Crippen MR) is 63.9 cm³/mol. The molecule has 1 fully saturated rings. The van der Waals surface area contributed by atoms with E-state index in [1.165, 1.54) is 0 Å². The lowest BCUT2D eigenvalue weighted by atomic mass is 10.2. The molecule has 2 heterocycles. The number of halogens is 1. The third kappa shape index (κ3) is 2.41. The Kier molecular flexibility index (Phi) is 3.11. The Bertz CT molecular complexity index is 343. The van der Waals surface area contributed by atoms with Crippen molar-refractivity contribution in [2.24, 2.45) is 0 Å². The molecular weight excluding hydrogens is 258 g/mol. The summed E-state index contributed by atoms with van der Waals surface area (Å²) in [6, 6.07) is 1.80. The summed E-state index contributed by atoms with van der Waals surface area (Å²) in [4.78, 5) is 4.29. The highest BCUT2D eigenvalue weighted by atomic mass is 79.9. The normalized spacial score (nSPS) is 19.7. The van der Waals surface area contributed by atoms with Crippen LogP contribution in [0.15, 0.2) is 10.7 Å². The zero-order chi connectivity index (χ0) is 10.8. The highest BCUT2D eigenvalue weighted by Crippen LogP contribution is 2.25. The van der Waals surface area contributed by atoms with Gasteiger partial charge >= 0.3 is 0 Å². The second-order valence-electron chi connectivity index (χ2n) is 3.66. The molecule has 15 heavy (non-hydrogen) atoms. The molecule has 82 valence electrons. The molecule has 0 spiro atoms. The first-order chi connectivity index (χ1) is 7.16. The number of rotatable bonds is 3. The predicted octanol–water partition coefficient (Wildman–Crippen LogP) is 1.94. The van der Waals surface area contributed by atoms with Crippen LogP contribution in [0.2, 0.25) is 0 Å². The molecule has 5 heteroatoms. The first-order valence-corrected chi connectivity index (χ1v) is 5.74. The van der Waals surface area contributed by atoms with Crippen molar-refractivity contribution in [1.82, 2.24) is 4.98 Å². The number of nitrogens with two attached hydrogens (primary N) is 1. The van der Waals surface area contributed by atoms with Gasteiger partial charge in [-0.15, -0.1) is 0 Å². The quantitative estimate of drug-likeness (QED) is 0.825. The molecule has 4 nitrogen and oxygen atoms in total. The molecular formula is C10H14BrN3O. The van der Waals surface area contributed by atoms with Crippen LogP contribution >= 0.6 is 15.9 Å². The minimum atomic E-state index is 0.326. The fraction of sp³-hybridized carbons (Fsp3) is 0.500. The fourth-order valence-electron chi connectivity index (χ4n) is 1.55. The van der Waals surface area contributed by atoms with E-state index in [-0.39, 0.29) is 0 Å². The molecule has 0 aromatic carbocycles. The first kappa shape index (κ1) is 10.7. The van der Waals surface area contributed by atoms with Crippen LogP contribution in [0.5, 0.6) is 0 Å². The SMILES string of the molecule is Cc1nc(Br)cc(N)c1NC[C@@H]1CCO1. The molecule has 0 amide bonds. The van der Waals surface area contributed by atoms with Crippen LogP contribution in [0, 0.1) is 6.92 Å². The summed E-state index contributed by atoms with van der Waals surface area (Å²) < 4.78 is 6.09. The molecule has 0 radical (unpaired) electrons. The Morgan fingerprint density at radius 3 is 3.00 bits per heavy atom. The van der Waals surface area contributed by atoms with Crippen LogP contribution in [0.3, 0.4) is 0 Å². The molecule has 2 rings (SSSR count). The molecule has 1 aromatic heterocycles. The number of aryl methyl sites for hydroxylation is 1. The minimum absolute atomic E-state index is 0.326. The number of pyridine rings is 1. The standard InChI is InChI=1S/C10H14BrN3O/c1-6-10(8(12)4-9(11)14-6)13-5-7-2-3-15-7/h4,7,13H,2-3,5H2,1H3,(H2,12,14)/t7-/m0/s1. The zero-order valence-corrected chi connectivity index (χ0v) is 10.2. The highest BCUT2D eigenvalue weighted by molar-refractivity contribution is 9.10. The van der Waals surface area contributed by atoms with E-state index in [0.717, 1.165) is 35.6 Å². The molecule has 0 saturated carbocycles. The van der Waals surface area contributed by atoms with Gasteiger partial charge in [0.05, 0.1) is 23.2 Å². The summed E-state index contributed by atoms with van der Waals surface area (Å²) >= 11 is 3.31. The van der Waals surface area contributed by atoms with E-state index in [4.69, 9.17) is 10.5 Å². The van der Waals surface area contributed by atoms with Gasteiger partial charge in [-0.25, -0.2) is 4.98 Å². The topological polar surface area (TPSA) is 60.2 Å². The molecule has 0 bridgehead atoms. The van der Waals surface area contributed by atoms with Crippen molar-refractivity contribution in [2.75, 3.05) is 24.2 Å². The molecule has 1 saturated heterocycles. The number of nitrogen functional groups attached to an aromatic ring is 1. The van der Waals surface area contributed by atoms with Gasteiger partial charge in [-0.05, 0) is 35.3 Å². The summed E-state index contributed by atoms with van der Waals surface area (Å²) in [5.41, 5.74) is 8.43. The van der Waals surface area contributed by atoms with Crippen LogP contribution in [-0.2, 0) is 4.74 Å². The zero-order valence-electron chi connectivity index (χ0n) is 8.59. The lowest BCUT2D eigenvalue weighted by molar-refractivity contribution is -0.0410. The largest absolute Gasteiger partial charge is 0.397 e. The van der Waals surface area contributed by atoms with E-state index in [1.807, 2.05) is 6.92 Å². The molecule has 0 aliphatic carbocycles. The second-order valence-corrected chi connectivity index (χ2v) is 4.47. The molecule has 1 atom stereocenters. The van der Waals surface area contributed by atoms with Gasteiger partial charge in [0.25, 0.3) is 0 Å². The molecule has 3 N–H and O–H groups in total. The van der Waals surface area contributed by atoms with E-state index in [1.54, 1.807) is 6.07 Å². The number of nitrogens with one attached hydrogen (secondary N) is 1. The van der Waals surface area contributed by atoms with E-state index in [2.05, 4.69) is 26.2 Å². The van der Waals surface area contributed by atoms with Gasteiger partial charge in [-0.1, -0.05) is 0 Å². The Labute approximate surface area is 97.3 Å². The van der Waals surface area contributed by atoms with Crippen molar-refractivity contribution in [3.8, 4) is 0 Å². The number of nitrogens with zero attached hydrogens (tertiary/aromatic N) is 1. The van der Waals surface area contributed by atoms with E-state index < -0.39 is 0 Å². The summed E-state index contributed by atoms with van der Waals surface area (Å²) in [5, 5.41) is 3.28. The maximum Gasteiger partial charge on any atom is 0.108 e. The average molecular weight is 272 g/mol. The second kappa shape index (κ2) is 4.37. The number of aromatic nitrogens is 1. The Hall–Kier alpha value is -0.810. The van der Waals surface area contributed by atoms with E-state index in [0.29, 0.717) is 11.8 Å². The molecule has 0 unspecified atom stereocenters. The van der Waals surface area contributed by atoms with Crippen molar-refractivity contribution in [3.05, 3.63) is 16.4 Å². The van der Waals surface area contributed by atoms with Crippen molar-refractivity contribution in [1.29, 1.82) is 0 Å². The fourth-order valence-corrected chi connectivity index (χ4v) is 2.06. The highest BCUT2D eigenvalue weighted by Gasteiger charge is 2.18. The number of hydrogen-bond acceptors (Lipinski definition) is 4. The third-order valence-corrected chi connectivity index (χ3v) is 2.91. The van der Waals surface area contributed by atoms with Crippen molar-refractivity contribution in [2.45, 2.75) is 19.4 Å². The molecule has 1 aliphatic rings. The smallest absolute Gasteiger partial charge is 0.108 e. The number of anilines is 2. The van der Waals surface area contributed by atoms with Gasteiger partial charge in [0.1, 0.15) is 4.60 Å². The summed E-state index contributed by atoms with van der Waals surface area (Å²) in [6.07, 6.45) is 1.45. The van der Waals surface area contributed by atoms with Gasteiger partial charge in [0.2, 0.25) is 0 Å². The molecule has 1 aliphatic heterocycles. The maximum absolute atomic E-state index is 5.89. The van der Waals surface area contributed by atoms with Crippen molar-refractivity contribution in [3.63, 3.8) is 0 Å².